The molecule has 1 atom stereocenters. The maximum absolute atomic E-state index is 12.5. The fraction of sp³-hybridized carbons (Fsp3) is 0.500. The predicted octanol–water partition coefficient (Wildman–Crippen LogP) is 3.34. The highest BCUT2D eigenvalue weighted by atomic mass is 35.5. The topological polar surface area (TPSA) is 46.6 Å². The quantitative estimate of drug-likeness (QED) is 0.787. The summed E-state index contributed by atoms with van der Waals surface area (Å²) >= 11 is 12.2. The van der Waals surface area contributed by atoms with Gasteiger partial charge in [0.25, 0.3) is 0 Å². The van der Waals surface area contributed by atoms with Crippen molar-refractivity contribution in [1.82, 2.24) is 4.90 Å². The summed E-state index contributed by atoms with van der Waals surface area (Å²) in [5.41, 5.74) is 0.633. The zero-order valence-corrected chi connectivity index (χ0v) is 14.0. The lowest BCUT2D eigenvalue weighted by Gasteiger charge is -2.31. The van der Waals surface area contributed by atoms with Gasteiger partial charge in [0, 0.05) is 23.1 Å². The van der Waals surface area contributed by atoms with E-state index in [2.05, 4.69) is 0 Å². The maximum Gasteiger partial charge on any atom is 0.310 e. The van der Waals surface area contributed by atoms with Crippen LogP contribution in [0.3, 0.4) is 0 Å². The molecule has 1 aliphatic rings. The monoisotopic (exact) mass is 343 g/mol. The van der Waals surface area contributed by atoms with Crippen LogP contribution in [-0.2, 0) is 20.7 Å². The van der Waals surface area contributed by atoms with E-state index in [0.717, 1.165) is 12.8 Å². The molecule has 1 unspecified atom stereocenters. The van der Waals surface area contributed by atoms with Crippen molar-refractivity contribution < 1.29 is 14.3 Å². The number of likely N-dealkylation sites (tertiary alicyclic amines) is 1. The summed E-state index contributed by atoms with van der Waals surface area (Å²) in [5, 5.41) is 0.972. The Balaban J connectivity index is 2.02. The first-order valence-electron chi connectivity index (χ1n) is 7.40. The number of esters is 1. The average molecular weight is 344 g/mol. The van der Waals surface area contributed by atoms with Gasteiger partial charge in [-0.1, -0.05) is 29.3 Å². The molecule has 0 radical (unpaired) electrons. The van der Waals surface area contributed by atoms with Gasteiger partial charge in [0.1, 0.15) is 0 Å². The number of carbonyl (C=O) groups is 2. The van der Waals surface area contributed by atoms with Crippen molar-refractivity contribution in [3.05, 3.63) is 33.8 Å². The highest BCUT2D eigenvalue weighted by Gasteiger charge is 2.29. The first kappa shape index (κ1) is 17.1. The molecule has 120 valence electrons. The number of piperidine rings is 1. The molecule has 0 N–H and O–H groups in total. The van der Waals surface area contributed by atoms with Crippen molar-refractivity contribution in [3.8, 4) is 0 Å². The second-order valence-corrected chi connectivity index (χ2v) is 6.12. The van der Waals surface area contributed by atoms with Crippen LogP contribution in [-0.4, -0.2) is 36.5 Å². The van der Waals surface area contributed by atoms with Crippen molar-refractivity contribution in [1.29, 1.82) is 0 Å². The van der Waals surface area contributed by atoms with Gasteiger partial charge in [-0.3, -0.25) is 9.59 Å². The molecule has 0 spiro atoms. The van der Waals surface area contributed by atoms with Crippen LogP contribution < -0.4 is 0 Å². The van der Waals surface area contributed by atoms with Gasteiger partial charge >= 0.3 is 5.97 Å². The normalized spacial score (nSPS) is 18.1. The van der Waals surface area contributed by atoms with Crippen LogP contribution in [0.15, 0.2) is 18.2 Å². The smallest absolute Gasteiger partial charge is 0.310 e. The van der Waals surface area contributed by atoms with E-state index < -0.39 is 0 Å². The van der Waals surface area contributed by atoms with E-state index in [4.69, 9.17) is 27.9 Å². The number of ether oxygens (including phenoxy) is 1. The summed E-state index contributed by atoms with van der Waals surface area (Å²) in [5.74, 6) is -0.529. The molecule has 2 rings (SSSR count). The van der Waals surface area contributed by atoms with E-state index >= 15 is 0 Å². The molecule has 4 nitrogen and oxygen atoms in total. The van der Waals surface area contributed by atoms with Gasteiger partial charge in [-0.05, 0) is 37.5 Å². The summed E-state index contributed by atoms with van der Waals surface area (Å²) in [7, 11) is 0. The Morgan fingerprint density at radius 1 is 1.32 bits per heavy atom. The number of carbonyl (C=O) groups excluding carboxylic acids is 2. The zero-order chi connectivity index (χ0) is 16.1. The van der Waals surface area contributed by atoms with Gasteiger partial charge in [-0.15, -0.1) is 0 Å². The van der Waals surface area contributed by atoms with Gasteiger partial charge in [-0.25, -0.2) is 0 Å². The van der Waals surface area contributed by atoms with Gasteiger partial charge in [0.05, 0.1) is 18.9 Å². The number of hydrogen-bond donors (Lipinski definition) is 0. The van der Waals surface area contributed by atoms with Crippen molar-refractivity contribution >= 4 is 35.1 Å². The van der Waals surface area contributed by atoms with Gasteiger partial charge in [-0.2, -0.15) is 0 Å². The second kappa shape index (κ2) is 7.84. The molecular weight excluding hydrogens is 325 g/mol. The molecule has 0 bridgehead atoms. The fourth-order valence-corrected chi connectivity index (χ4v) is 3.15. The third-order valence-corrected chi connectivity index (χ3v) is 4.49. The van der Waals surface area contributed by atoms with Crippen LogP contribution in [0.4, 0.5) is 0 Å². The van der Waals surface area contributed by atoms with Crippen molar-refractivity contribution in [3.63, 3.8) is 0 Å². The third kappa shape index (κ3) is 4.14. The van der Waals surface area contributed by atoms with Crippen LogP contribution in [0.25, 0.3) is 0 Å². The SMILES string of the molecule is CCOC(=O)C1CCCN(C(=O)Cc2c(Cl)cccc2Cl)C1. The molecule has 1 saturated heterocycles. The van der Waals surface area contributed by atoms with E-state index in [1.54, 1.807) is 30.0 Å². The van der Waals surface area contributed by atoms with Gasteiger partial charge < -0.3 is 9.64 Å². The van der Waals surface area contributed by atoms with Crippen LogP contribution in [0, 0.1) is 5.92 Å². The summed E-state index contributed by atoms with van der Waals surface area (Å²) in [4.78, 5) is 26.0. The first-order chi connectivity index (χ1) is 10.5. The Bertz CT molecular complexity index is 542. The molecule has 1 aliphatic heterocycles. The molecule has 1 amide bonds. The minimum Gasteiger partial charge on any atom is -0.466 e. The van der Waals surface area contributed by atoms with E-state index in [0.29, 0.717) is 35.3 Å². The zero-order valence-electron chi connectivity index (χ0n) is 12.5. The number of halogens is 2. The molecule has 0 aromatic heterocycles. The number of benzene rings is 1. The van der Waals surface area contributed by atoms with Crippen LogP contribution in [0.2, 0.25) is 10.0 Å². The summed E-state index contributed by atoms with van der Waals surface area (Å²) in [6, 6.07) is 5.18. The number of amides is 1. The van der Waals surface area contributed by atoms with Gasteiger partial charge in [0.15, 0.2) is 0 Å². The largest absolute Gasteiger partial charge is 0.466 e. The number of rotatable bonds is 4. The molecule has 22 heavy (non-hydrogen) atoms. The van der Waals surface area contributed by atoms with Crippen LogP contribution in [0.5, 0.6) is 0 Å². The van der Waals surface area contributed by atoms with E-state index in [9.17, 15) is 9.59 Å². The van der Waals surface area contributed by atoms with Crippen LogP contribution in [0.1, 0.15) is 25.3 Å². The highest BCUT2D eigenvalue weighted by Crippen LogP contribution is 2.26. The highest BCUT2D eigenvalue weighted by molar-refractivity contribution is 6.36. The van der Waals surface area contributed by atoms with E-state index in [1.807, 2.05) is 0 Å². The lowest BCUT2D eigenvalue weighted by Crippen LogP contribution is -2.43. The Kier molecular flexibility index (Phi) is 6.09. The lowest BCUT2D eigenvalue weighted by molar-refractivity contribution is -0.151. The molecule has 1 fully saturated rings. The fourth-order valence-electron chi connectivity index (χ4n) is 2.62. The van der Waals surface area contributed by atoms with Crippen molar-refractivity contribution in [2.75, 3.05) is 19.7 Å². The molecular formula is C16H19Cl2NO3. The molecule has 0 aliphatic carbocycles. The molecule has 6 heteroatoms. The summed E-state index contributed by atoms with van der Waals surface area (Å²) in [6.07, 6.45) is 1.70. The molecule has 1 aromatic carbocycles. The van der Waals surface area contributed by atoms with Crippen molar-refractivity contribution in [2.24, 2.45) is 5.92 Å². The van der Waals surface area contributed by atoms with E-state index in [-0.39, 0.29) is 24.2 Å². The third-order valence-electron chi connectivity index (χ3n) is 3.78. The summed E-state index contributed by atoms with van der Waals surface area (Å²) in [6.45, 7) is 3.19. The predicted molar refractivity (Wildman–Crippen MR) is 86.1 cm³/mol. The Labute approximate surface area is 140 Å². The minimum absolute atomic E-state index is 0.0657. The Morgan fingerprint density at radius 2 is 2.00 bits per heavy atom. The number of hydrogen-bond acceptors (Lipinski definition) is 3. The minimum atomic E-state index is -0.237. The first-order valence-corrected chi connectivity index (χ1v) is 8.15. The standard InChI is InChI=1S/C16H19Cl2NO3/c1-2-22-16(21)11-5-4-8-19(10-11)15(20)9-12-13(17)6-3-7-14(12)18/h3,6-7,11H,2,4-5,8-10H2,1H3. The average Bonchev–Trinajstić information content (AvgIpc) is 2.51. The van der Waals surface area contributed by atoms with E-state index in [1.165, 1.54) is 0 Å². The number of nitrogens with zero attached hydrogens (tertiary/aromatic N) is 1. The summed E-state index contributed by atoms with van der Waals surface area (Å²) < 4.78 is 5.05. The lowest BCUT2D eigenvalue weighted by atomic mass is 9.97. The second-order valence-electron chi connectivity index (χ2n) is 5.31. The maximum atomic E-state index is 12.5. The van der Waals surface area contributed by atoms with Crippen LogP contribution >= 0.6 is 23.2 Å². The molecule has 1 heterocycles. The Morgan fingerprint density at radius 3 is 2.64 bits per heavy atom. The van der Waals surface area contributed by atoms with Crippen molar-refractivity contribution in [2.45, 2.75) is 26.2 Å². The van der Waals surface area contributed by atoms with Gasteiger partial charge in [0.2, 0.25) is 5.91 Å². The molecule has 1 aromatic rings. The Hall–Kier alpha value is -1.26. The molecule has 0 saturated carbocycles.